The number of nitrogens with one attached hydrogen (secondary N) is 1. The zero-order valence-electron chi connectivity index (χ0n) is 32.8. The summed E-state index contributed by atoms with van der Waals surface area (Å²) in [6, 6.07) is 17.3. The van der Waals surface area contributed by atoms with E-state index in [9.17, 15) is 14.4 Å². The maximum Gasteiger partial charge on any atom is 0.329 e. The summed E-state index contributed by atoms with van der Waals surface area (Å²) >= 11 is 0. The highest BCUT2D eigenvalue weighted by atomic mass is 16.5. The smallest absolute Gasteiger partial charge is 0.329 e. The Morgan fingerprint density at radius 3 is 2.50 bits per heavy atom. The van der Waals surface area contributed by atoms with Crippen molar-refractivity contribution in [2.45, 2.75) is 82.8 Å². The summed E-state index contributed by atoms with van der Waals surface area (Å²) in [6.45, 7) is 4.37. The van der Waals surface area contributed by atoms with Crippen molar-refractivity contribution in [2.24, 2.45) is 7.05 Å². The number of aryl methyl sites for hydroxylation is 1. The molecular formula is C44H46N10O4. The van der Waals surface area contributed by atoms with Gasteiger partial charge >= 0.3 is 5.69 Å². The van der Waals surface area contributed by atoms with Crippen LogP contribution in [0.15, 0.2) is 65.6 Å². The average Bonchev–Trinajstić information content (AvgIpc) is 3.64. The van der Waals surface area contributed by atoms with Crippen LogP contribution in [0.1, 0.15) is 82.1 Å². The summed E-state index contributed by atoms with van der Waals surface area (Å²) in [6.07, 6.45) is 8.49. The predicted octanol–water partition coefficient (Wildman–Crippen LogP) is 4.76. The number of nitrogens with zero attached hydrogens (tertiary/aromatic N) is 8. The number of imide groups is 1. The van der Waals surface area contributed by atoms with Gasteiger partial charge in [-0.1, -0.05) is 43.2 Å². The molecule has 0 spiro atoms. The number of amides is 2. The number of benzene rings is 2. The fourth-order valence-corrected chi connectivity index (χ4v) is 8.18. The van der Waals surface area contributed by atoms with E-state index in [1.165, 1.54) is 9.13 Å². The van der Waals surface area contributed by atoms with Crippen LogP contribution in [0.2, 0.25) is 0 Å². The molecule has 0 aliphatic carbocycles. The Hall–Kier alpha value is -6.67. The third kappa shape index (κ3) is 7.83. The van der Waals surface area contributed by atoms with Gasteiger partial charge in [0.15, 0.2) is 5.82 Å². The molecule has 3 aromatic heterocycles. The molecule has 3 saturated heterocycles. The lowest BCUT2D eigenvalue weighted by molar-refractivity contribution is -0.135. The van der Waals surface area contributed by atoms with Crippen LogP contribution in [-0.2, 0) is 16.6 Å². The van der Waals surface area contributed by atoms with Gasteiger partial charge in [-0.25, -0.2) is 14.8 Å². The third-order valence-corrected chi connectivity index (χ3v) is 11.1. The number of hydrogen-bond donors (Lipinski definition) is 2. The quantitative estimate of drug-likeness (QED) is 0.114. The monoisotopic (exact) mass is 778 g/mol. The van der Waals surface area contributed by atoms with Crippen LogP contribution in [0.25, 0.3) is 22.3 Å². The molecule has 58 heavy (non-hydrogen) atoms. The Labute approximate surface area is 336 Å². The number of rotatable bonds is 10. The number of aromatic nitrogens is 6. The molecule has 3 aliphatic rings. The SMILES string of the molecule is CCCCOc1ccccc1-c1cc(N2CC3CCC(C2)N3c2ccnc(C#CCCCC#Cc3ccc4c(c3)n(C)c(=O)n4C3CCC(=O)NC3=O)n2)c(N)nn1. The lowest BCUT2D eigenvalue weighted by Gasteiger charge is -2.42. The topological polar surface area (TPSA) is 166 Å². The minimum atomic E-state index is -0.720. The Bertz CT molecular complexity index is 2540. The van der Waals surface area contributed by atoms with E-state index in [1.807, 2.05) is 54.6 Å². The normalized spacial score (nSPS) is 18.7. The van der Waals surface area contributed by atoms with E-state index in [-0.39, 0.29) is 30.1 Å². The highest BCUT2D eigenvalue weighted by Gasteiger charge is 2.41. The van der Waals surface area contributed by atoms with E-state index in [0.29, 0.717) is 48.5 Å². The number of imidazole rings is 1. The van der Waals surface area contributed by atoms with Gasteiger partial charge in [-0.05, 0) is 80.5 Å². The maximum absolute atomic E-state index is 13.1. The molecule has 3 fully saturated rings. The van der Waals surface area contributed by atoms with E-state index in [4.69, 9.17) is 15.5 Å². The van der Waals surface area contributed by atoms with Gasteiger partial charge in [0.25, 0.3) is 0 Å². The van der Waals surface area contributed by atoms with Gasteiger partial charge in [-0.15, -0.1) is 10.2 Å². The van der Waals surface area contributed by atoms with Crippen molar-refractivity contribution < 1.29 is 14.3 Å². The first-order valence-corrected chi connectivity index (χ1v) is 20.0. The zero-order chi connectivity index (χ0) is 40.2. The second-order valence-corrected chi connectivity index (χ2v) is 15.0. The first-order valence-electron chi connectivity index (χ1n) is 20.0. The molecule has 14 nitrogen and oxygen atoms in total. The van der Waals surface area contributed by atoms with Crippen LogP contribution in [0.5, 0.6) is 5.75 Å². The van der Waals surface area contributed by atoms with E-state index >= 15 is 0 Å². The molecule has 3 N–H and O–H groups in total. The highest BCUT2D eigenvalue weighted by molar-refractivity contribution is 6.00. The van der Waals surface area contributed by atoms with E-state index < -0.39 is 11.9 Å². The number of para-hydroxylation sites is 1. The van der Waals surface area contributed by atoms with Crippen molar-refractivity contribution in [1.82, 2.24) is 34.6 Å². The van der Waals surface area contributed by atoms with Crippen LogP contribution in [0, 0.1) is 23.7 Å². The number of hydrogen-bond acceptors (Lipinski definition) is 11. The number of carbonyl (C=O) groups excluding carboxylic acids is 2. The molecule has 2 bridgehead atoms. The van der Waals surface area contributed by atoms with Crippen LogP contribution in [0.3, 0.4) is 0 Å². The van der Waals surface area contributed by atoms with Crippen LogP contribution in [0.4, 0.5) is 17.3 Å². The summed E-state index contributed by atoms with van der Waals surface area (Å²) in [5.74, 6) is 14.6. The van der Waals surface area contributed by atoms with Crippen molar-refractivity contribution in [3.05, 3.63) is 82.7 Å². The highest BCUT2D eigenvalue weighted by Crippen LogP contribution is 2.38. The molecule has 0 saturated carbocycles. The van der Waals surface area contributed by atoms with Crippen molar-refractivity contribution in [2.75, 3.05) is 35.2 Å². The Balaban J connectivity index is 0.876. The summed E-state index contributed by atoms with van der Waals surface area (Å²) in [5, 5.41) is 11.2. The number of ether oxygens (including phenoxy) is 1. The van der Waals surface area contributed by atoms with Gasteiger partial charge in [0.1, 0.15) is 17.6 Å². The van der Waals surface area contributed by atoms with Gasteiger partial charge in [0.2, 0.25) is 17.6 Å². The number of nitrogen functional groups attached to an aromatic ring is 1. The van der Waals surface area contributed by atoms with Gasteiger partial charge in [0, 0.05) is 68.8 Å². The maximum atomic E-state index is 13.1. The summed E-state index contributed by atoms with van der Waals surface area (Å²) in [7, 11) is 1.67. The van der Waals surface area contributed by atoms with Gasteiger partial charge < -0.3 is 20.3 Å². The average molecular weight is 779 g/mol. The molecule has 6 heterocycles. The molecule has 296 valence electrons. The number of fused-ring (bicyclic) bond motifs is 3. The van der Waals surface area contributed by atoms with Crippen LogP contribution >= 0.6 is 0 Å². The first kappa shape index (κ1) is 38.2. The Kier molecular flexibility index (Phi) is 11.1. The largest absolute Gasteiger partial charge is 0.493 e. The molecule has 3 unspecified atom stereocenters. The number of nitrogens with two attached hydrogens (primary N) is 1. The fourth-order valence-electron chi connectivity index (χ4n) is 8.18. The van der Waals surface area contributed by atoms with E-state index in [0.717, 1.165) is 79.3 Å². The van der Waals surface area contributed by atoms with Crippen molar-refractivity contribution in [3.63, 3.8) is 0 Å². The van der Waals surface area contributed by atoms with E-state index in [2.05, 4.69) is 60.9 Å². The summed E-state index contributed by atoms with van der Waals surface area (Å²) < 4.78 is 9.08. The number of piperazine rings is 1. The molecule has 2 aromatic carbocycles. The van der Waals surface area contributed by atoms with Crippen molar-refractivity contribution in [3.8, 4) is 40.7 Å². The second-order valence-electron chi connectivity index (χ2n) is 15.0. The first-order chi connectivity index (χ1) is 28.3. The lowest BCUT2D eigenvalue weighted by atomic mass is 10.1. The fraction of sp³-hybridized carbons (Fsp3) is 0.386. The molecule has 14 heteroatoms. The number of carbonyl (C=O) groups is 2. The van der Waals surface area contributed by atoms with Crippen molar-refractivity contribution >= 4 is 40.2 Å². The van der Waals surface area contributed by atoms with Crippen molar-refractivity contribution in [1.29, 1.82) is 0 Å². The molecule has 2 amide bonds. The molecule has 0 radical (unpaired) electrons. The Morgan fingerprint density at radius 1 is 0.914 bits per heavy atom. The Morgan fingerprint density at radius 2 is 1.71 bits per heavy atom. The molecule has 8 rings (SSSR count). The van der Waals surface area contributed by atoms with Crippen LogP contribution < -0.4 is 31.3 Å². The molecular weight excluding hydrogens is 733 g/mol. The number of anilines is 3. The number of unbranched alkanes of at least 4 members (excludes halogenated alkanes) is 3. The van der Waals surface area contributed by atoms with Gasteiger partial charge in [0.05, 0.1) is 29.0 Å². The van der Waals surface area contributed by atoms with E-state index in [1.54, 1.807) is 13.2 Å². The zero-order valence-corrected chi connectivity index (χ0v) is 32.8. The second kappa shape index (κ2) is 16.8. The molecule has 3 aliphatic heterocycles. The van der Waals surface area contributed by atoms with Gasteiger partial charge in [-0.2, -0.15) is 0 Å². The van der Waals surface area contributed by atoms with Gasteiger partial charge in [-0.3, -0.25) is 24.0 Å². The molecule has 3 atom stereocenters. The van der Waals surface area contributed by atoms with Crippen LogP contribution in [-0.4, -0.2) is 72.9 Å². The summed E-state index contributed by atoms with van der Waals surface area (Å²) in [5.41, 5.74) is 10.8. The standard InChI is InChI=1S/C44H46N10O4/c1-3-4-24-58-38-14-11-10-13-32(38)33-26-37(42(45)50-49-33)52-27-30-17-18-31(28-52)53(30)40-22-23-46-39(47-40)15-9-7-5-6-8-12-29-16-19-34-36(25-29)51(2)44(57)54(34)35-20-21-41(55)48-43(35)56/h10-11,13-14,16,19,22-23,25-26,30-31,35H,3-7,17-18,20-21,24,27-28H2,1-2H3,(H2,45,50)(H,48,55,56). The number of piperidine rings is 1. The lowest BCUT2D eigenvalue weighted by Crippen LogP contribution is -2.54. The minimum absolute atomic E-state index is 0.197. The minimum Gasteiger partial charge on any atom is -0.493 e. The molecule has 5 aromatic rings. The summed E-state index contributed by atoms with van der Waals surface area (Å²) in [4.78, 5) is 51.3. The predicted molar refractivity (Wildman–Crippen MR) is 222 cm³/mol. The third-order valence-electron chi connectivity index (χ3n) is 11.1.